The van der Waals surface area contributed by atoms with Gasteiger partial charge in [0.25, 0.3) is 0 Å². The van der Waals surface area contributed by atoms with E-state index in [1.54, 1.807) is 6.07 Å². The second-order valence-electron chi connectivity index (χ2n) is 4.79. The zero-order chi connectivity index (χ0) is 12.7. The van der Waals surface area contributed by atoms with E-state index in [0.717, 1.165) is 17.7 Å². The van der Waals surface area contributed by atoms with Gasteiger partial charge in [0, 0.05) is 5.39 Å². The van der Waals surface area contributed by atoms with Crippen LogP contribution in [0.4, 0.5) is 0 Å². The maximum absolute atomic E-state index is 6.18. The van der Waals surface area contributed by atoms with Crippen molar-refractivity contribution in [2.45, 2.75) is 25.8 Å². The Kier molecular flexibility index (Phi) is 3.27. The summed E-state index contributed by atoms with van der Waals surface area (Å²) in [5, 5.41) is 5.69. The Morgan fingerprint density at radius 3 is 2.67 bits per heavy atom. The van der Waals surface area contributed by atoms with Crippen molar-refractivity contribution in [2.24, 2.45) is 5.92 Å². The van der Waals surface area contributed by atoms with Crippen LogP contribution in [0.2, 0.25) is 10.0 Å². The van der Waals surface area contributed by atoms with Crippen LogP contribution in [0.15, 0.2) is 22.6 Å². The SMILES string of the molecule is CCNC(c1cc2c(Cl)ccc(Cl)c2o1)C1CC1. The minimum atomic E-state index is 0.287. The highest BCUT2D eigenvalue weighted by atomic mass is 35.5. The van der Waals surface area contributed by atoms with E-state index in [2.05, 4.69) is 12.2 Å². The molecule has 1 aliphatic rings. The quantitative estimate of drug-likeness (QED) is 0.872. The lowest BCUT2D eigenvalue weighted by Crippen LogP contribution is -2.21. The van der Waals surface area contributed by atoms with Crippen molar-refractivity contribution in [2.75, 3.05) is 6.54 Å². The maximum atomic E-state index is 6.18. The van der Waals surface area contributed by atoms with Crippen LogP contribution in [-0.4, -0.2) is 6.54 Å². The lowest BCUT2D eigenvalue weighted by Gasteiger charge is -2.13. The number of furan rings is 1. The molecule has 0 spiro atoms. The molecule has 1 atom stereocenters. The van der Waals surface area contributed by atoms with E-state index in [-0.39, 0.29) is 6.04 Å². The molecule has 18 heavy (non-hydrogen) atoms. The maximum Gasteiger partial charge on any atom is 0.154 e. The summed E-state index contributed by atoms with van der Waals surface area (Å²) in [4.78, 5) is 0. The first-order chi connectivity index (χ1) is 8.70. The summed E-state index contributed by atoms with van der Waals surface area (Å²) >= 11 is 12.3. The van der Waals surface area contributed by atoms with Gasteiger partial charge >= 0.3 is 0 Å². The molecule has 0 radical (unpaired) electrons. The number of fused-ring (bicyclic) bond motifs is 1. The van der Waals surface area contributed by atoms with E-state index in [4.69, 9.17) is 27.6 Å². The van der Waals surface area contributed by atoms with E-state index < -0.39 is 0 Å². The highest BCUT2D eigenvalue weighted by molar-refractivity contribution is 6.39. The predicted molar refractivity (Wildman–Crippen MR) is 75.4 cm³/mol. The number of benzene rings is 1. The number of rotatable bonds is 4. The second kappa shape index (κ2) is 4.76. The average molecular weight is 284 g/mol. The molecule has 1 saturated carbocycles. The number of halogens is 2. The van der Waals surface area contributed by atoms with Crippen molar-refractivity contribution < 1.29 is 4.42 Å². The van der Waals surface area contributed by atoms with Crippen LogP contribution < -0.4 is 5.32 Å². The Hall–Kier alpha value is -0.700. The largest absolute Gasteiger partial charge is 0.458 e. The van der Waals surface area contributed by atoms with Crippen molar-refractivity contribution in [3.63, 3.8) is 0 Å². The number of nitrogens with one attached hydrogen (secondary N) is 1. The van der Waals surface area contributed by atoms with Gasteiger partial charge in [0.1, 0.15) is 5.76 Å². The Morgan fingerprint density at radius 1 is 1.33 bits per heavy atom. The van der Waals surface area contributed by atoms with Crippen molar-refractivity contribution in [1.29, 1.82) is 0 Å². The Bertz CT molecular complexity index is 535. The molecule has 4 heteroatoms. The molecule has 0 amide bonds. The third kappa shape index (κ3) is 2.13. The van der Waals surface area contributed by atoms with Crippen LogP contribution in [0.3, 0.4) is 0 Å². The van der Waals surface area contributed by atoms with E-state index >= 15 is 0 Å². The lowest BCUT2D eigenvalue weighted by atomic mass is 10.1. The van der Waals surface area contributed by atoms with Crippen LogP contribution in [0.25, 0.3) is 11.0 Å². The van der Waals surface area contributed by atoms with Crippen LogP contribution >= 0.6 is 23.2 Å². The van der Waals surface area contributed by atoms with Gasteiger partial charge in [-0.25, -0.2) is 0 Å². The fourth-order valence-electron chi connectivity index (χ4n) is 2.38. The zero-order valence-corrected chi connectivity index (χ0v) is 11.7. The van der Waals surface area contributed by atoms with Crippen molar-refractivity contribution in [3.8, 4) is 0 Å². The molecule has 3 rings (SSSR count). The van der Waals surface area contributed by atoms with Crippen LogP contribution in [0.5, 0.6) is 0 Å². The first-order valence-electron chi connectivity index (χ1n) is 6.31. The minimum Gasteiger partial charge on any atom is -0.458 e. The third-order valence-corrected chi connectivity index (χ3v) is 4.05. The fraction of sp³-hybridized carbons (Fsp3) is 0.429. The van der Waals surface area contributed by atoms with Gasteiger partial charge in [0.2, 0.25) is 0 Å². The molecule has 2 aromatic rings. The molecular formula is C14H15Cl2NO. The van der Waals surface area contributed by atoms with Crippen LogP contribution in [-0.2, 0) is 0 Å². The Balaban J connectivity index is 2.06. The van der Waals surface area contributed by atoms with Crippen molar-refractivity contribution in [3.05, 3.63) is 34.0 Å². The molecule has 1 aromatic carbocycles. The summed E-state index contributed by atoms with van der Waals surface area (Å²) in [6.07, 6.45) is 2.52. The molecule has 1 unspecified atom stereocenters. The van der Waals surface area contributed by atoms with Gasteiger partial charge in [-0.2, -0.15) is 0 Å². The predicted octanol–water partition coefficient (Wildman–Crippen LogP) is 4.80. The fourth-order valence-corrected chi connectivity index (χ4v) is 2.79. The molecule has 0 bridgehead atoms. The molecular weight excluding hydrogens is 269 g/mol. The summed E-state index contributed by atoms with van der Waals surface area (Å²) in [6.45, 7) is 3.04. The lowest BCUT2D eigenvalue weighted by molar-refractivity contribution is 0.403. The summed E-state index contributed by atoms with van der Waals surface area (Å²) < 4.78 is 5.92. The number of hydrogen-bond acceptors (Lipinski definition) is 2. The summed E-state index contributed by atoms with van der Waals surface area (Å²) in [5.74, 6) is 1.63. The molecule has 1 aliphatic carbocycles. The molecule has 0 saturated heterocycles. The summed E-state index contributed by atoms with van der Waals surface area (Å²) in [5.41, 5.74) is 0.697. The van der Waals surface area contributed by atoms with Crippen LogP contribution in [0.1, 0.15) is 31.6 Å². The molecule has 1 heterocycles. The summed E-state index contributed by atoms with van der Waals surface area (Å²) in [6, 6.07) is 5.90. The monoisotopic (exact) mass is 283 g/mol. The van der Waals surface area contributed by atoms with Gasteiger partial charge in [-0.15, -0.1) is 0 Å². The second-order valence-corrected chi connectivity index (χ2v) is 5.61. The van der Waals surface area contributed by atoms with Gasteiger partial charge in [-0.3, -0.25) is 0 Å². The smallest absolute Gasteiger partial charge is 0.154 e. The molecule has 1 fully saturated rings. The molecule has 0 aliphatic heterocycles. The van der Waals surface area contributed by atoms with Gasteiger partial charge in [0.05, 0.1) is 16.1 Å². The number of hydrogen-bond donors (Lipinski definition) is 1. The average Bonchev–Trinajstić information content (AvgIpc) is 3.09. The normalized spacial score (nSPS) is 17.3. The highest BCUT2D eigenvalue weighted by Crippen LogP contribution is 2.43. The van der Waals surface area contributed by atoms with Gasteiger partial charge < -0.3 is 9.73 Å². The van der Waals surface area contributed by atoms with Gasteiger partial charge in [-0.1, -0.05) is 30.1 Å². The van der Waals surface area contributed by atoms with Gasteiger partial charge in [0.15, 0.2) is 5.58 Å². The first kappa shape index (κ1) is 12.3. The van der Waals surface area contributed by atoms with E-state index in [1.165, 1.54) is 12.8 Å². The zero-order valence-electron chi connectivity index (χ0n) is 10.2. The van der Waals surface area contributed by atoms with Crippen molar-refractivity contribution in [1.82, 2.24) is 5.32 Å². The highest BCUT2D eigenvalue weighted by Gasteiger charge is 2.34. The summed E-state index contributed by atoms with van der Waals surface area (Å²) in [7, 11) is 0. The standard InChI is InChI=1S/C14H15Cl2NO/c1-2-17-13(8-3-4-8)12-7-9-10(15)5-6-11(16)14(9)18-12/h5-8,13,17H,2-4H2,1H3. The molecule has 2 nitrogen and oxygen atoms in total. The molecule has 96 valence electrons. The minimum absolute atomic E-state index is 0.287. The van der Waals surface area contributed by atoms with E-state index in [0.29, 0.717) is 21.5 Å². The van der Waals surface area contributed by atoms with Gasteiger partial charge in [-0.05, 0) is 43.5 Å². The Labute approximate surface area is 116 Å². The van der Waals surface area contributed by atoms with Crippen LogP contribution in [0, 0.1) is 5.92 Å². The topological polar surface area (TPSA) is 25.2 Å². The van der Waals surface area contributed by atoms with Crippen molar-refractivity contribution >= 4 is 34.2 Å². The van der Waals surface area contributed by atoms with E-state index in [9.17, 15) is 0 Å². The molecule has 1 N–H and O–H groups in total. The molecule has 1 aromatic heterocycles. The first-order valence-corrected chi connectivity index (χ1v) is 7.07. The Morgan fingerprint density at radius 2 is 2.06 bits per heavy atom. The third-order valence-electron chi connectivity index (χ3n) is 3.43. The van der Waals surface area contributed by atoms with E-state index in [1.807, 2.05) is 12.1 Å².